The molecule has 2 rings (SSSR count). The van der Waals surface area contributed by atoms with Gasteiger partial charge in [-0.05, 0) is 43.4 Å². The molecule has 1 nitrogen and oxygen atoms in total. The van der Waals surface area contributed by atoms with E-state index in [2.05, 4.69) is 6.92 Å². The Morgan fingerprint density at radius 2 is 1.18 bits per heavy atom. The van der Waals surface area contributed by atoms with Gasteiger partial charge in [-0.25, -0.2) is 0 Å². The van der Waals surface area contributed by atoms with E-state index in [4.69, 9.17) is 0 Å². The molecule has 0 aromatic rings. The van der Waals surface area contributed by atoms with E-state index in [1.807, 2.05) is 0 Å². The predicted molar refractivity (Wildman–Crippen MR) is 72.9 cm³/mol. The third-order valence-electron chi connectivity index (χ3n) is 5.18. The smallest absolute Gasteiger partial charge is 0.0596 e. The van der Waals surface area contributed by atoms with Gasteiger partial charge in [0.05, 0.1) is 6.10 Å². The molecule has 2 saturated carbocycles. The molecule has 0 radical (unpaired) electrons. The zero-order valence-corrected chi connectivity index (χ0v) is 11.5. The third kappa shape index (κ3) is 3.98. The second-order valence-electron chi connectivity index (χ2n) is 6.62. The Bertz CT molecular complexity index is 198. The van der Waals surface area contributed by atoms with Crippen molar-refractivity contribution in [3.8, 4) is 0 Å². The topological polar surface area (TPSA) is 20.2 Å². The normalized spacial score (nSPS) is 34.9. The largest absolute Gasteiger partial charge is 0.393 e. The van der Waals surface area contributed by atoms with Crippen molar-refractivity contribution in [1.82, 2.24) is 0 Å². The highest BCUT2D eigenvalue weighted by Gasteiger charge is 2.30. The van der Waals surface area contributed by atoms with Crippen LogP contribution in [0.2, 0.25) is 0 Å². The van der Waals surface area contributed by atoms with Crippen molar-refractivity contribution in [1.29, 1.82) is 0 Å². The minimum absolute atomic E-state index is 0.0144. The molecule has 1 unspecified atom stereocenters. The fraction of sp³-hybridized carbons (Fsp3) is 1.00. The zero-order valence-electron chi connectivity index (χ0n) is 11.5. The van der Waals surface area contributed by atoms with E-state index in [0.717, 1.165) is 5.92 Å². The molecule has 17 heavy (non-hydrogen) atoms. The van der Waals surface area contributed by atoms with Gasteiger partial charge in [-0.2, -0.15) is 0 Å². The van der Waals surface area contributed by atoms with E-state index in [0.29, 0.717) is 11.8 Å². The van der Waals surface area contributed by atoms with Crippen LogP contribution in [-0.2, 0) is 0 Å². The molecule has 0 amide bonds. The van der Waals surface area contributed by atoms with Crippen LogP contribution in [0.4, 0.5) is 0 Å². The van der Waals surface area contributed by atoms with Gasteiger partial charge >= 0.3 is 0 Å². The molecular weight excluding hydrogens is 208 g/mol. The minimum atomic E-state index is 0.0144. The first-order valence-corrected chi connectivity index (χ1v) is 7.95. The van der Waals surface area contributed by atoms with Crippen LogP contribution in [0.15, 0.2) is 0 Å². The van der Waals surface area contributed by atoms with Gasteiger partial charge < -0.3 is 5.11 Å². The number of hydrogen-bond acceptors (Lipinski definition) is 1. The molecule has 2 fully saturated rings. The van der Waals surface area contributed by atoms with Crippen LogP contribution in [0.5, 0.6) is 0 Å². The number of hydrogen-bond donors (Lipinski definition) is 1. The third-order valence-corrected chi connectivity index (χ3v) is 5.18. The summed E-state index contributed by atoms with van der Waals surface area (Å²) in [5.41, 5.74) is 0. The van der Waals surface area contributed by atoms with E-state index >= 15 is 0 Å². The molecule has 1 heteroatoms. The molecule has 0 spiro atoms. The van der Waals surface area contributed by atoms with Gasteiger partial charge in [-0.3, -0.25) is 0 Å². The van der Waals surface area contributed by atoms with Gasteiger partial charge in [0.25, 0.3) is 0 Å². The van der Waals surface area contributed by atoms with Crippen molar-refractivity contribution < 1.29 is 5.11 Å². The summed E-state index contributed by atoms with van der Waals surface area (Å²) in [4.78, 5) is 0. The lowest BCUT2D eigenvalue weighted by atomic mass is 9.74. The Labute approximate surface area is 107 Å². The zero-order chi connectivity index (χ0) is 12.1. The van der Waals surface area contributed by atoms with E-state index in [-0.39, 0.29) is 6.10 Å². The summed E-state index contributed by atoms with van der Waals surface area (Å²) in [6, 6.07) is 0. The maximum Gasteiger partial charge on any atom is 0.0596 e. The van der Waals surface area contributed by atoms with Crippen molar-refractivity contribution >= 4 is 0 Å². The van der Waals surface area contributed by atoms with Gasteiger partial charge in [0.15, 0.2) is 0 Å². The fourth-order valence-electron chi connectivity index (χ4n) is 3.84. The summed E-state index contributed by atoms with van der Waals surface area (Å²) in [6.45, 7) is 2.36. The highest BCUT2D eigenvalue weighted by molar-refractivity contribution is 4.81. The molecule has 0 saturated heterocycles. The molecule has 2 aliphatic carbocycles. The number of aliphatic hydroxyl groups is 1. The average Bonchev–Trinajstić information content (AvgIpc) is 2.29. The molecule has 0 aliphatic heterocycles. The molecule has 0 bridgehead atoms. The van der Waals surface area contributed by atoms with Gasteiger partial charge in [0, 0.05) is 0 Å². The molecular formula is C16H30O. The molecule has 1 N–H and O–H groups in total. The van der Waals surface area contributed by atoms with Crippen LogP contribution in [0, 0.1) is 17.8 Å². The monoisotopic (exact) mass is 238 g/mol. The average molecular weight is 238 g/mol. The van der Waals surface area contributed by atoms with E-state index in [1.165, 1.54) is 70.6 Å². The van der Waals surface area contributed by atoms with Crippen LogP contribution >= 0.6 is 0 Å². The second kappa shape index (κ2) is 6.78. The lowest BCUT2D eigenvalue weighted by Crippen LogP contribution is -2.32. The van der Waals surface area contributed by atoms with Gasteiger partial charge in [0.2, 0.25) is 0 Å². The molecule has 2 aliphatic rings. The SMILES string of the molecule is CC1CCC(C(O)C2CCCCCCC2)CC1. The molecule has 1 atom stereocenters. The number of aliphatic hydroxyl groups excluding tert-OH is 1. The first-order chi connectivity index (χ1) is 8.27. The summed E-state index contributed by atoms with van der Waals surface area (Å²) in [5, 5.41) is 10.6. The van der Waals surface area contributed by atoms with E-state index < -0.39 is 0 Å². The summed E-state index contributed by atoms with van der Waals surface area (Å²) in [5.74, 6) is 2.14. The Hall–Kier alpha value is -0.0400. The summed E-state index contributed by atoms with van der Waals surface area (Å²) >= 11 is 0. The van der Waals surface area contributed by atoms with Crippen molar-refractivity contribution in [3.63, 3.8) is 0 Å². The molecule has 0 aromatic heterocycles. The van der Waals surface area contributed by atoms with Crippen molar-refractivity contribution in [2.75, 3.05) is 0 Å². The van der Waals surface area contributed by atoms with Gasteiger partial charge in [-0.1, -0.05) is 51.9 Å². The summed E-state index contributed by atoms with van der Waals surface area (Å²) in [7, 11) is 0. The molecule has 0 aromatic carbocycles. The first-order valence-electron chi connectivity index (χ1n) is 7.95. The predicted octanol–water partition coefficient (Wildman–Crippen LogP) is 4.53. The van der Waals surface area contributed by atoms with Crippen LogP contribution in [-0.4, -0.2) is 11.2 Å². The van der Waals surface area contributed by atoms with Gasteiger partial charge in [0.1, 0.15) is 0 Å². The summed E-state index contributed by atoms with van der Waals surface area (Å²) < 4.78 is 0. The lowest BCUT2D eigenvalue weighted by Gasteiger charge is -2.35. The van der Waals surface area contributed by atoms with Crippen LogP contribution in [0.1, 0.15) is 77.6 Å². The Morgan fingerprint density at radius 3 is 1.76 bits per heavy atom. The van der Waals surface area contributed by atoms with E-state index in [1.54, 1.807) is 0 Å². The highest BCUT2D eigenvalue weighted by Crippen LogP contribution is 2.36. The minimum Gasteiger partial charge on any atom is -0.393 e. The maximum absolute atomic E-state index is 10.6. The lowest BCUT2D eigenvalue weighted by molar-refractivity contribution is 0.0174. The standard InChI is InChI=1S/C16H30O/c1-13-9-11-15(12-10-13)16(17)14-7-5-3-2-4-6-8-14/h13-17H,2-12H2,1H3. The Kier molecular flexibility index (Phi) is 5.34. The molecule has 100 valence electrons. The van der Waals surface area contributed by atoms with Crippen LogP contribution in [0.25, 0.3) is 0 Å². The maximum atomic E-state index is 10.6. The number of rotatable bonds is 2. The van der Waals surface area contributed by atoms with Crippen LogP contribution in [0.3, 0.4) is 0 Å². The van der Waals surface area contributed by atoms with Crippen LogP contribution < -0.4 is 0 Å². The summed E-state index contributed by atoms with van der Waals surface area (Å²) in [6.07, 6.45) is 14.7. The van der Waals surface area contributed by atoms with E-state index in [9.17, 15) is 5.11 Å². The second-order valence-corrected chi connectivity index (χ2v) is 6.62. The quantitative estimate of drug-likeness (QED) is 0.749. The highest BCUT2D eigenvalue weighted by atomic mass is 16.3. The fourth-order valence-corrected chi connectivity index (χ4v) is 3.84. The Morgan fingerprint density at radius 1 is 0.706 bits per heavy atom. The van der Waals surface area contributed by atoms with Gasteiger partial charge in [-0.15, -0.1) is 0 Å². The Balaban J connectivity index is 1.82. The first kappa shape index (κ1) is 13.4. The van der Waals surface area contributed by atoms with Crippen molar-refractivity contribution in [2.45, 2.75) is 83.7 Å². The van der Waals surface area contributed by atoms with Crippen molar-refractivity contribution in [2.24, 2.45) is 17.8 Å². The van der Waals surface area contributed by atoms with Crippen molar-refractivity contribution in [3.05, 3.63) is 0 Å². The molecule has 0 heterocycles.